The molecule has 1 aliphatic rings. The van der Waals surface area contributed by atoms with Crippen molar-refractivity contribution in [3.8, 4) is 0 Å². The van der Waals surface area contributed by atoms with Crippen molar-refractivity contribution in [3.05, 3.63) is 41.0 Å². The van der Waals surface area contributed by atoms with Gasteiger partial charge in [-0.2, -0.15) is 0 Å². The van der Waals surface area contributed by atoms with Gasteiger partial charge in [-0.3, -0.25) is 0 Å². The van der Waals surface area contributed by atoms with Gasteiger partial charge in [-0.05, 0) is 0 Å². The Morgan fingerprint density at radius 3 is 2.33 bits per heavy atom. The van der Waals surface area contributed by atoms with Gasteiger partial charge >= 0.3 is 112 Å². The van der Waals surface area contributed by atoms with E-state index in [-0.39, 0.29) is 76.3 Å². The number of allylic oxidation sites excluding steroid dienone is 1. The van der Waals surface area contributed by atoms with Crippen LogP contribution in [0.3, 0.4) is 0 Å². The molecular formula is C14H20I2SiZr. The maximum atomic E-state index is 2.43. The number of hydrogen-bond acceptors (Lipinski definition) is 0. The average molecular weight is 561 g/mol. The molecule has 1 atom stereocenters. The number of hydrogen-bond donors (Lipinski definition) is 0. The molecule has 1 unspecified atom stereocenters. The molecule has 0 aromatic heterocycles. The minimum absolute atomic E-state index is 0. The zero-order valence-corrected chi connectivity index (χ0v) is 19.1. The van der Waals surface area contributed by atoms with E-state index in [1.54, 1.807) is 11.1 Å². The first-order valence-corrected chi connectivity index (χ1v) is 14.2. The van der Waals surface area contributed by atoms with E-state index in [9.17, 15) is 0 Å². The van der Waals surface area contributed by atoms with Gasteiger partial charge in [-0.15, -0.1) is 0 Å². The molecule has 0 fully saturated rings. The van der Waals surface area contributed by atoms with E-state index in [1.807, 2.05) is 0 Å². The molecule has 1 aromatic carbocycles. The van der Waals surface area contributed by atoms with Crippen molar-refractivity contribution in [1.29, 1.82) is 0 Å². The molecule has 98 valence electrons. The fourth-order valence-corrected chi connectivity index (χ4v) is 15.5. The summed E-state index contributed by atoms with van der Waals surface area (Å²) in [6.07, 6.45) is 2.43. The van der Waals surface area contributed by atoms with Gasteiger partial charge in [0.05, 0.1) is 0 Å². The van der Waals surface area contributed by atoms with Gasteiger partial charge < -0.3 is 48.0 Å². The molecule has 0 radical (unpaired) electrons. The number of benzene rings is 1. The van der Waals surface area contributed by atoms with Gasteiger partial charge in [0.1, 0.15) is 0 Å². The van der Waals surface area contributed by atoms with Gasteiger partial charge in [0, 0.05) is 0 Å². The van der Waals surface area contributed by atoms with Crippen LogP contribution in [0.1, 0.15) is 35.5 Å². The van der Waals surface area contributed by atoms with Crippen molar-refractivity contribution >= 4 is 12.0 Å². The van der Waals surface area contributed by atoms with E-state index in [1.165, 1.54) is 17.7 Å². The summed E-state index contributed by atoms with van der Waals surface area (Å²) < 4.78 is 0.913. The Bertz CT molecular complexity index is 403. The first kappa shape index (κ1) is 19.5. The summed E-state index contributed by atoms with van der Waals surface area (Å²) in [6.45, 7) is 7.19. The Hall–Kier alpha value is 1.52. The van der Waals surface area contributed by atoms with Crippen LogP contribution in [0, 0.1) is 0 Å². The van der Waals surface area contributed by atoms with Gasteiger partial charge in [-0.1, -0.05) is 0 Å². The van der Waals surface area contributed by atoms with Crippen LogP contribution >= 0.6 is 0 Å². The smallest absolute Gasteiger partial charge is 1.00 e. The van der Waals surface area contributed by atoms with Crippen LogP contribution in [0.15, 0.2) is 29.8 Å². The molecule has 1 aromatic rings. The first-order chi connectivity index (χ1) is 7.76. The van der Waals surface area contributed by atoms with Crippen molar-refractivity contribution in [2.75, 3.05) is 0 Å². The maximum Gasteiger partial charge on any atom is -1.00 e. The summed E-state index contributed by atoms with van der Waals surface area (Å²) in [5.74, 6) is -0.313. The Balaban J connectivity index is 0.00000144. The molecule has 0 bridgehead atoms. The van der Waals surface area contributed by atoms with Gasteiger partial charge in [0.2, 0.25) is 0 Å². The second kappa shape index (κ2) is 9.46. The number of halogens is 2. The van der Waals surface area contributed by atoms with Crippen LogP contribution < -0.4 is 48.0 Å². The predicted octanol–water partition coefficient (Wildman–Crippen LogP) is -2.00. The van der Waals surface area contributed by atoms with Crippen LogP contribution in [0.2, 0.25) is 12.1 Å². The first-order valence-electron chi connectivity index (χ1n) is 6.29. The SMILES string of the molecule is CC[SiH](CC)[Zr+2][CH]1C(C)=Cc2ccccc21.[I-].[I-]. The van der Waals surface area contributed by atoms with Crippen molar-refractivity contribution in [3.63, 3.8) is 0 Å². The number of fused-ring (bicyclic) bond motifs is 1. The molecule has 4 heteroatoms. The summed E-state index contributed by atoms with van der Waals surface area (Å²) in [6, 6.07) is 12.1. The predicted molar refractivity (Wildman–Crippen MR) is 70.9 cm³/mol. The topological polar surface area (TPSA) is 0 Å². The zero-order chi connectivity index (χ0) is 11.5. The quantitative estimate of drug-likeness (QED) is 0.295. The summed E-state index contributed by atoms with van der Waals surface area (Å²) in [5, 5.41) is 0. The third-order valence-corrected chi connectivity index (χ3v) is 20.1. The van der Waals surface area contributed by atoms with E-state index < -0.39 is 0 Å². The van der Waals surface area contributed by atoms with Gasteiger partial charge in [0.25, 0.3) is 0 Å². The molecule has 1 aliphatic carbocycles. The van der Waals surface area contributed by atoms with Crippen LogP contribution in [0.25, 0.3) is 6.08 Å². The molecule has 0 N–H and O–H groups in total. The molecule has 2 rings (SSSR count). The second-order valence-electron chi connectivity index (χ2n) is 4.63. The molecule has 0 nitrogen and oxygen atoms in total. The molecule has 18 heavy (non-hydrogen) atoms. The van der Waals surface area contributed by atoms with Crippen LogP contribution in [-0.4, -0.2) is 5.92 Å². The summed E-state index contributed by atoms with van der Waals surface area (Å²) in [5.41, 5.74) is 4.82. The molecule has 0 heterocycles. The minimum Gasteiger partial charge on any atom is -1.00 e. The third kappa shape index (κ3) is 4.52. The molecule has 0 amide bonds. The van der Waals surface area contributed by atoms with Gasteiger partial charge in [0.15, 0.2) is 0 Å². The normalized spacial score (nSPS) is 16.2. The van der Waals surface area contributed by atoms with E-state index in [4.69, 9.17) is 0 Å². The molecule has 0 saturated heterocycles. The Morgan fingerprint density at radius 2 is 1.72 bits per heavy atom. The Kier molecular flexibility index (Phi) is 10.3. The van der Waals surface area contributed by atoms with E-state index in [0.29, 0.717) is 0 Å². The molecular weight excluding hydrogens is 541 g/mol. The van der Waals surface area contributed by atoms with E-state index in [0.717, 1.165) is 3.63 Å². The molecule has 0 spiro atoms. The average Bonchev–Trinajstić information content (AvgIpc) is 2.62. The molecule has 0 aliphatic heterocycles. The monoisotopic (exact) mass is 560 g/mol. The van der Waals surface area contributed by atoms with Crippen molar-refractivity contribution < 1.29 is 70.3 Å². The van der Waals surface area contributed by atoms with Crippen LogP contribution in [0.5, 0.6) is 0 Å². The largest absolute Gasteiger partial charge is 1.00 e. The standard InChI is InChI=1S/C10H9.C4H11Si.2HI.Zr/c1-8-6-9-4-2-3-5-10(9)7-8;1-3-5-4-2;;;/h2-7H,1H3;5H,3-4H2,1-2H3;2*1H;/q;;;;+2/p-2. The van der Waals surface area contributed by atoms with Crippen LogP contribution in [0.4, 0.5) is 0 Å². The van der Waals surface area contributed by atoms with Crippen molar-refractivity contribution in [2.45, 2.75) is 36.5 Å². The minimum atomic E-state index is -0.313. The van der Waals surface area contributed by atoms with Crippen molar-refractivity contribution in [2.24, 2.45) is 0 Å². The van der Waals surface area contributed by atoms with Gasteiger partial charge in [-0.25, -0.2) is 0 Å². The number of rotatable bonds is 4. The van der Waals surface area contributed by atoms with E-state index >= 15 is 0 Å². The fraction of sp³-hybridized carbons (Fsp3) is 0.429. The fourth-order valence-electron chi connectivity index (χ4n) is 2.46. The Labute approximate surface area is 158 Å². The van der Waals surface area contributed by atoms with Crippen molar-refractivity contribution in [1.82, 2.24) is 0 Å². The maximum absolute atomic E-state index is 2.43. The summed E-state index contributed by atoms with van der Waals surface area (Å²) in [7, 11) is 0. The third-order valence-electron chi connectivity index (χ3n) is 3.53. The zero-order valence-electron chi connectivity index (χ0n) is 11.2. The molecule has 0 saturated carbocycles. The van der Waals surface area contributed by atoms with Crippen LogP contribution in [-0.2, 0) is 22.4 Å². The Morgan fingerprint density at radius 1 is 1.11 bits per heavy atom. The second-order valence-corrected chi connectivity index (χ2v) is 17.9. The summed E-state index contributed by atoms with van der Waals surface area (Å²) >= 11 is -0.186. The van der Waals surface area contributed by atoms with E-state index in [2.05, 4.69) is 51.1 Å². The summed E-state index contributed by atoms with van der Waals surface area (Å²) in [4.78, 5) is 0.